The third-order valence-corrected chi connectivity index (χ3v) is 3.16. The molecule has 0 saturated heterocycles. The van der Waals surface area contributed by atoms with Gasteiger partial charge in [0.2, 0.25) is 0 Å². The zero-order chi connectivity index (χ0) is 13.5. The van der Waals surface area contributed by atoms with E-state index in [0.717, 1.165) is 25.0 Å². The number of para-hydroxylation sites is 1. The fourth-order valence-electron chi connectivity index (χ4n) is 2.19. The van der Waals surface area contributed by atoms with Gasteiger partial charge in [-0.3, -0.25) is 4.98 Å². The van der Waals surface area contributed by atoms with Crippen molar-refractivity contribution in [2.24, 2.45) is 5.73 Å². The largest absolute Gasteiger partial charge is 0.383 e. The van der Waals surface area contributed by atoms with Crippen LogP contribution in [-0.4, -0.2) is 38.3 Å². The molecule has 2 aromatic rings. The van der Waals surface area contributed by atoms with Crippen molar-refractivity contribution in [1.82, 2.24) is 4.98 Å². The molecule has 0 atom stereocenters. The molecule has 102 valence electrons. The van der Waals surface area contributed by atoms with Crippen LogP contribution in [0.15, 0.2) is 36.5 Å². The number of nitrogens with zero attached hydrogens (tertiary/aromatic N) is 2. The van der Waals surface area contributed by atoms with Crippen LogP contribution in [0, 0.1) is 0 Å². The second-order valence-corrected chi connectivity index (χ2v) is 4.47. The van der Waals surface area contributed by atoms with Crippen molar-refractivity contribution in [3.05, 3.63) is 36.5 Å². The van der Waals surface area contributed by atoms with Crippen LogP contribution in [0.3, 0.4) is 0 Å². The van der Waals surface area contributed by atoms with Crippen molar-refractivity contribution in [3.63, 3.8) is 0 Å². The number of anilines is 1. The molecule has 1 heterocycles. The molecular formula is C15H21N3O. The van der Waals surface area contributed by atoms with E-state index in [-0.39, 0.29) is 0 Å². The predicted molar refractivity (Wildman–Crippen MR) is 79.5 cm³/mol. The minimum atomic E-state index is 0.701. The van der Waals surface area contributed by atoms with Gasteiger partial charge in [0, 0.05) is 37.5 Å². The SMILES string of the molecule is COCCN(CCCN)c1ccnc2ccccc12. The van der Waals surface area contributed by atoms with Crippen LogP contribution in [0.25, 0.3) is 10.9 Å². The third-order valence-electron chi connectivity index (χ3n) is 3.16. The summed E-state index contributed by atoms with van der Waals surface area (Å²) in [5, 5.41) is 1.18. The highest BCUT2D eigenvalue weighted by Gasteiger charge is 2.09. The lowest BCUT2D eigenvalue weighted by Crippen LogP contribution is -2.29. The van der Waals surface area contributed by atoms with E-state index in [1.807, 2.05) is 24.4 Å². The summed E-state index contributed by atoms with van der Waals surface area (Å²) in [5.41, 5.74) is 7.85. The lowest BCUT2D eigenvalue weighted by molar-refractivity contribution is 0.205. The van der Waals surface area contributed by atoms with Crippen LogP contribution in [0.1, 0.15) is 6.42 Å². The fraction of sp³-hybridized carbons (Fsp3) is 0.400. The zero-order valence-corrected chi connectivity index (χ0v) is 11.4. The van der Waals surface area contributed by atoms with Crippen LogP contribution in [-0.2, 0) is 4.74 Å². The molecule has 0 aliphatic heterocycles. The Morgan fingerprint density at radius 2 is 2.05 bits per heavy atom. The number of hydrogen-bond acceptors (Lipinski definition) is 4. The van der Waals surface area contributed by atoms with Crippen molar-refractivity contribution >= 4 is 16.6 Å². The van der Waals surface area contributed by atoms with Gasteiger partial charge < -0.3 is 15.4 Å². The second-order valence-electron chi connectivity index (χ2n) is 4.47. The Balaban J connectivity index is 2.31. The van der Waals surface area contributed by atoms with Gasteiger partial charge in [-0.25, -0.2) is 0 Å². The van der Waals surface area contributed by atoms with E-state index in [1.54, 1.807) is 7.11 Å². The quantitative estimate of drug-likeness (QED) is 0.826. The fourth-order valence-corrected chi connectivity index (χ4v) is 2.19. The summed E-state index contributed by atoms with van der Waals surface area (Å²) in [6.07, 6.45) is 2.83. The average Bonchev–Trinajstić information content (AvgIpc) is 2.47. The van der Waals surface area contributed by atoms with Gasteiger partial charge in [0.25, 0.3) is 0 Å². The Morgan fingerprint density at radius 1 is 1.21 bits per heavy atom. The van der Waals surface area contributed by atoms with Gasteiger partial charge in [0.1, 0.15) is 0 Å². The molecule has 0 amide bonds. The lowest BCUT2D eigenvalue weighted by atomic mass is 10.1. The van der Waals surface area contributed by atoms with Crippen molar-refractivity contribution in [1.29, 1.82) is 0 Å². The topological polar surface area (TPSA) is 51.4 Å². The van der Waals surface area contributed by atoms with Gasteiger partial charge in [-0.1, -0.05) is 18.2 Å². The maximum absolute atomic E-state index is 5.63. The highest BCUT2D eigenvalue weighted by atomic mass is 16.5. The zero-order valence-electron chi connectivity index (χ0n) is 11.4. The van der Waals surface area contributed by atoms with E-state index in [4.69, 9.17) is 10.5 Å². The molecule has 1 aromatic heterocycles. The number of fused-ring (bicyclic) bond motifs is 1. The maximum atomic E-state index is 5.63. The molecule has 2 N–H and O–H groups in total. The first-order valence-corrected chi connectivity index (χ1v) is 6.64. The van der Waals surface area contributed by atoms with Crippen molar-refractivity contribution in [2.75, 3.05) is 38.3 Å². The summed E-state index contributed by atoms with van der Waals surface area (Å²) in [7, 11) is 1.73. The monoisotopic (exact) mass is 259 g/mol. The normalized spacial score (nSPS) is 10.8. The summed E-state index contributed by atoms with van der Waals surface area (Å²) in [6, 6.07) is 10.3. The molecule has 0 unspecified atom stereocenters. The molecule has 0 fully saturated rings. The molecule has 0 aliphatic rings. The maximum Gasteiger partial charge on any atom is 0.0722 e. The number of benzene rings is 1. The first-order chi connectivity index (χ1) is 9.36. The first-order valence-electron chi connectivity index (χ1n) is 6.64. The number of aromatic nitrogens is 1. The van der Waals surface area contributed by atoms with E-state index >= 15 is 0 Å². The van der Waals surface area contributed by atoms with E-state index in [1.165, 1.54) is 11.1 Å². The van der Waals surface area contributed by atoms with E-state index in [2.05, 4.69) is 22.0 Å². The molecule has 19 heavy (non-hydrogen) atoms. The number of rotatable bonds is 7. The number of pyridine rings is 1. The van der Waals surface area contributed by atoms with Crippen LogP contribution >= 0.6 is 0 Å². The summed E-state index contributed by atoms with van der Waals surface area (Å²) >= 11 is 0. The van der Waals surface area contributed by atoms with Crippen LogP contribution in [0.5, 0.6) is 0 Å². The number of nitrogens with two attached hydrogens (primary N) is 1. The summed E-state index contributed by atoms with van der Waals surface area (Å²) < 4.78 is 5.20. The molecule has 2 rings (SSSR count). The predicted octanol–water partition coefficient (Wildman–Crippen LogP) is 2.04. The highest BCUT2D eigenvalue weighted by molar-refractivity contribution is 5.91. The molecule has 1 aromatic carbocycles. The molecule has 4 heteroatoms. The molecule has 4 nitrogen and oxygen atoms in total. The Morgan fingerprint density at radius 3 is 2.84 bits per heavy atom. The molecule has 0 radical (unpaired) electrons. The van der Waals surface area contributed by atoms with E-state index in [9.17, 15) is 0 Å². The minimum Gasteiger partial charge on any atom is -0.383 e. The summed E-state index contributed by atoms with van der Waals surface area (Å²) in [6.45, 7) is 3.21. The van der Waals surface area contributed by atoms with Crippen LogP contribution in [0.4, 0.5) is 5.69 Å². The molecule has 0 aliphatic carbocycles. The molecule has 0 saturated carbocycles. The molecule has 0 bridgehead atoms. The average molecular weight is 259 g/mol. The first kappa shape index (κ1) is 13.8. The van der Waals surface area contributed by atoms with E-state index in [0.29, 0.717) is 13.2 Å². The minimum absolute atomic E-state index is 0.701. The Bertz CT molecular complexity index is 502. The smallest absolute Gasteiger partial charge is 0.0722 e. The van der Waals surface area contributed by atoms with Crippen molar-refractivity contribution in [3.8, 4) is 0 Å². The Labute approximate surface area is 114 Å². The second kappa shape index (κ2) is 7.07. The number of methoxy groups -OCH3 is 1. The molecular weight excluding hydrogens is 238 g/mol. The standard InChI is InChI=1S/C15H21N3O/c1-19-12-11-18(10-4-8-16)15-7-9-17-14-6-3-2-5-13(14)15/h2-3,5-7,9H,4,8,10-12,16H2,1H3. The van der Waals surface area contributed by atoms with Gasteiger partial charge in [-0.05, 0) is 25.1 Å². The van der Waals surface area contributed by atoms with Gasteiger partial charge in [0.05, 0.1) is 12.1 Å². The van der Waals surface area contributed by atoms with Gasteiger partial charge in [-0.2, -0.15) is 0 Å². The van der Waals surface area contributed by atoms with Gasteiger partial charge in [-0.15, -0.1) is 0 Å². The van der Waals surface area contributed by atoms with Gasteiger partial charge in [0.15, 0.2) is 0 Å². The highest BCUT2D eigenvalue weighted by Crippen LogP contribution is 2.25. The van der Waals surface area contributed by atoms with Gasteiger partial charge >= 0.3 is 0 Å². The number of ether oxygens (including phenoxy) is 1. The van der Waals surface area contributed by atoms with Crippen molar-refractivity contribution in [2.45, 2.75) is 6.42 Å². The summed E-state index contributed by atoms with van der Waals surface area (Å²) in [5.74, 6) is 0. The summed E-state index contributed by atoms with van der Waals surface area (Å²) in [4.78, 5) is 6.72. The molecule has 0 spiro atoms. The number of hydrogen-bond donors (Lipinski definition) is 1. The Hall–Kier alpha value is -1.65. The lowest BCUT2D eigenvalue weighted by Gasteiger charge is -2.25. The third kappa shape index (κ3) is 3.43. The van der Waals surface area contributed by atoms with Crippen molar-refractivity contribution < 1.29 is 4.74 Å². The van der Waals surface area contributed by atoms with E-state index < -0.39 is 0 Å². The van der Waals surface area contributed by atoms with Crippen LogP contribution < -0.4 is 10.6 Å². The van der Waals surface area contributed by atoms with Crippen LogP contribution in [0.2, 0.25) is 0 Å². The Kier molecular flexibility index (Phi) is 5.12.